The lowest BCUT2D eigenvalue weighted by molar-refractivity contribution is 0.0931. The van der Waals surface area contributed by atoms with E-state index in [1.54, 1.807) is 0 Å². The molecular weight excluding hydrogens is 322 g/mol. The number of amides is 1. The number of nitrogens with one attached hydrogen (secondary N) is 1. The molecule has 0 saturated carbocycles. The van der Waals surface area contributed by atoms with Crippen LogP contribution in [0.3, 0.4) is 0 Å². The second kappa shape index (κ2) is 6.79. The summed E-state index contributed by atoms with van der Waals surface area (Å²) in [7, 11) is 0. The van der Waals surface area contributed by atoms with Crippen LogP contribution in [0.1, 0.15) is 51.8 Å². The molecule has 1 heterocycles. The van der Waals surface area contributed by atoms with Crippen LogP contribution < -0.4 is 5.32 Å². The molecule has 2 aromatic carbocycles. The summed E-state index contributed by atoms with van der Waals surface area (Å²) in [5.74, 6) is -0.0381. The first-order valence-electron chi connectivity index (χ1n) is 9.15. The molecule has 3 aromatic rings. The molecule has 1 aliphatic carbocycles. The molecule has 1 atom stereocenters. The van der Waals surface area contributed by atoms with Crippen molar-refractivity contribution >= 4 is 5.91 Å². The lowest BCUT2D eigenvalue weighted by Gasteiger charge is -2.26. The molecule has 4 rings (SSSR count). The highest BCUT2D eigenvalue weighted by atomic mass is 16.1. The summed E-state index contributed by atoms with van der Waals surface area (Å²) in [6.07, 6.45) is 3.17. The summed E-state index contributed by atoms with van der Waals surface area (Å²) in [5, 5.41) is 7.84. The van der Waals surface area contributed by atoms with Gasteiger partial charge in [0, 0.05) is 0 Å². The molecule has 132 valence electrons. The van der Waals surface area contributed by atoms with Gasteiger partial charge in [0.2, 0.25) is 0 Å². The van der Waals surface area contributed by atoms with Crippen molar-refractivity contribution in [1.82, 2.24) is 15.1 Å². The van der Waals surface area contributed by atoms with E-state index in [-0.39, 0.29) is 11.9 Å². The van der Waals surface area contributed by atoms with Crippen LogP contribution in [0.4, 0.5) is 0 Å². The first-order valence-corrected chi connectivity index (χ1v) is 9.15. The van der Waals surface area contributed by atoms with Gasteiger partial charge in [-0.05, 0) is 56.4 Å². The first kappa shape index (κ1) is 16.6. The second-order valence-corrected chi connectivity index (χ2v) is 6.91. The summed E-state index contributed by atoms with van der Waals surface area (Å²) >= 11 is 0. The SMILES string of the molecule is Cc1nn(-c2ccccc2)c(C)c1C(=O)N[C@H]1CCCc2ccccc21. The molecule has 0 bridgehead atoms. The van der Waals surface area contributed by atoms with Crippen LogP contribution in [0.25, 0.3) is 5.69 Å². The molecule has 0 saturated heterocycles. The van der Waals surface area contributed by atoms with E-state index >= 15 is 0 Å². The van der Waals surface area contributed by atoms with Crippen molar-refractivity contribution in [3.8, 4) is 5.69 Å². The van der Waals surface area contributed by atoms with E-state index in [0.717, 1.165) is 36.3 Å². The van der Waals surface area contributed by atoms with Gasteiger partial charge < -0.3 is 5.32 Å². The van der Waals surface area contributed by atoms with E-state index in [0.29, 0.717) is 5.56 Å². The second-order valence-electron chi connectivity index (χ2n) is 6.91. The molecular formula is C22H23N3O. The Hall–Kier alpha value is -2.88. The fourth-order valence-corrected chi connectivity index (χ4v) is 3.93. The maximum atomic E-state index is 13.0. The van der Waals surface area contributed by atoms with E-state index in [4.69, 9.17) is 0 Å². The van der Waals surface area contributed by atoms with Gasteiger partial charge in [-0.3, -0.25) is 4.79 Å². The van der Waals surface area contributed by atoms with E-state index < -0.39 is 0 Å². The molecule has 0 fully saturated rings. The average Bonchev–Trinajstić information content (AvgIpc) is 2.97. The van der Waals surface area contributed by atoms with E-state index in [1.165, 1.54) is 11.1 Å². The number of aromatic nitrogens is 2. The number of hydrogen-bond donors (Lipinski definition) is 1. The number of hydrogen-bond acceptors (Lipinski definition) is 2. The number of rotatable bonds is 3. The van der Waals surface area contributed by atoms with Crippen molar-refractivity contribution in [3.05, 3.63) is 82.7 Å². The maximum absolute atomic E-state index is 13.0. The third-order valence-electron chi connectivity index (χ3n) is 5.19. The lowest BCUT2D eigenvalue weighted by atomic mass is 9.87. The fourth-order valence-electron chi connectivity index (χ4n) is 3.93. The van der Waals surface area contributed by atoms with Crippen molar-refractivity contribution in [2.24, 2.45) is 0 Å². The summed E-state index contributed by atoms with van der Waals surface area (Å²) in [4.78, 5) is 13.0. The zero-order valence-corrected chi connectivity index (χ0v) is 15.2. The molecule has 1 aromatic heterocycles. The number of nitrogens with zero attached hydrogens (tertiary/aromatic N) is 2. The Morgan fingerprint density at radius 1 is 1.08 bits per heavy atom. The zero-order valence-electron chi connectivity index (χ0n) is 15.2. The normalized spacial score (nSPS) is 16.2. The Morgan fingerprint density at radius 2 is 1.81 bits per heavy atom. The standard InChI is InChI=1S/C22H23N3O/c1-15-21(16(2)25(24-15)18-11-4-3-5-12-18)22(26)23-20-14-8-10-17-9-6-7-13-19(17)20/h3-7,9,11-13,20H,8,10,14H2,1-2H3,(H,23,26)/t20-/m0/s1. The maximum Gasteiger partial charge on any atom is 0.255 e. The fraction of sp³-hybridized carbons (Fsp3) is 0.273. The molecule has 1 amide bonds. The molecule has 0 unspecified atom stereocenters. The quantitative estimate of drug-likeness (QED) is 0.769. The Bertz CT molecular complexity index is 943. The molecule has 1 aliphatic rings. The van der Waals surface area contributed by atoms with Gasteiger partial charge in [0.25, 0.3) is 5.91 Å². The van der Waals surface area contributed by atoms with E-state index in [1.807, 2.05) is 54.9 Å². The number of benzene rings is 2. The van der Waals surface area contributed by atoms with Gasteiger partial charge in [-0.25, -0.2) is 4.68 Å². The first-order chi connectivity index (χ1) is 12.6. The topological polar surface area (TPSA) is 46.9 Å². The monoisotopic (exact) mass is 345 g/mol. The number of para-hydroxylation sites is 1. The minimum Gasteiger partial charge on any atom is -0.345 e. The highest BCUT2D eigenvalue weighted by Gasteiger charge is 2.25. The molecule has 26 heavy (non-hydrogen) atoms. The third-order valence-corrected chi connectivity index (χ3v) is 5.19. The van der Waals surface area contributed by atoms with Crippen LogP contribution in [0.15, 0.2) is 54.6 Å². The minimum atomic E-state index is -0.0381. The molecule has 0 radical (unpaired) electrons. The van der Waals surface area contributed by atoms with E-state index in [9.17, 15) is 4.79 Å². The van der Waals surface area contributed by atoms with Crippen LogP contribution in [0.2, 0.25) is 0 Å². The van der Waals surface area contributed by atoms with Crippen molar-refractivity contribution in [3.63, 3.8) is 0 Å². The molecule has 4 nitrogen and oxygen atoms in total. The number of fused-ring (bicyclic) bond motifs is 1. The van der Waals surface area contributed by atoms with Gasteiger partial charge in [-0.2, -0.15) is 5.10 Å². The number of aryl methyl sites for hydroxylation is 2. The summed E-state index contributed by atoms with van der Waals surface area (Å²) in [5.41, 5.74) is 5.87. The van der Waals surface area contributed by atoms with Gasteiger partial charge >= 0.3 is 0 Å². The Morgan fingerprint density at radius 3 is 2.62 bits per heavy atom. The molecule has 0 aliphatic heterocycles. The Balaban J connectivity index is 1.63. The van der Waals surface area contributed by atoms with Crippen LogP contribution in [0.5, 0.6) is 0 Å². The van der Waals surface area contributed by atoms with Crippen molar-refractivity contribution in [2.45, 2.75) is 39.2 Å². The summed E-state index contributed by atoms with van der Waals surface area (Å²) in [6, 6.07) is 18.4. The average molecular weight is 345 g/mol. The van der Waals surface area contributed by atoms with Crippen LogP contribution in [-0.4, -0.2) is 15.7 Å². The van der Waals surface area contributed by atoms with Gasteiger partial charge in [-0.1, -0.05) is 42.5 Å². The van der Waals surface area contributed by atoms with Gasteiger partial charge in [0.1, 0.15) is 0 Å². The van der Waals surface area contributed by atoms with Gasteiger partial charge in [0.15, 0.2) is 0 Å². The van der Waals surface area contributed by atoms with Crippen LogP contribution in [0, 0.1) is 13.8 Å². The van der Waals surface area contributed by atoms with Crippen molar-refractivity contribution in [1.29, 1.82) is 0 Å². The summed E-state index contributed by atoms with van der Waals surface area (Å²) in [6.45, 7) is 3.85. The zero-order chi connectivity index (χ0) is 18.1. The largest absolute Gasteiger partial charge is 0.345 e. The van der Waals surface area contributed by atoms with Crippen molar-refractivity contribution < 1.29 is 4.79 Å². The van der Waals surface area contributed by atoms with Crippen LogP contribution >= 0.6 is 0 Å². The molecule has 4 heteroatoms. The lowest BCUT2D eigenvalue weighted by Crippen LogP contribution is -2.31. The summed E-state index contributed by atoms with van der Waals surface area (Å²) < 4.78 is 1.85. The predicted octanol–water partition coefficient (Wildman–Crippen LogP) is 4.30. The van der Waals surface area contributed by atoms with Gasteiger partial charge in [-0.15, -0.1) is 0 Å². The van der Waals surface area contributed by atoms with Gasteiger partial charge in [0.05, 0.1) is 28.7 Å². The van der Waals surface area contributed by atoms with Crippen molar-refractivity contribution in [2.75, 3.05) is 0 Å². The van der Waals surface area contributed by atoms with Crippen LogP contribution in [-0.2, 0) is 6.42 Å². The Labute approximate surface area is 153 Å². The highest BCUT2D eigenvalue weighted by molar-refractivity contribution is 5.96. The highest BCUT2D eigenvalue weighted by Crippen LogP contribution is 2.30. The number of carbonyl (C=O) groups excluding carboxylic acids is 1. The smallest absolute Gasteiger partial charge is 0.255 e. The third kappa shape index (κ3) is 2.92. The number of carbonyl (C=O) groups is 1. The minimum absolute atomic E-state index is 0.0381. The molecule has 1 N–H and O–H groups in total. The Kier molecular flexibility index (Phi) is 4.33. The predicted molar refractivity (Wildman–Crippen MR) is 103 cm³/mol. The molecule has 0 spiro atoms. The van der Waals surface area contributed by atoms with E-state index in [2.05, 4.69) is 28.6 Å².